The van der Waals surface area contributed by atoms with Gasteiger partial charge in [-0.1, -0.05) is 13.3 Å². The summed E-state index contributed by atoms with van der Waals surface area (Å²) in [5.74, 6) is 0. The second kappa shape index (κ2) is 6.53. The van der Waals surface area contributed by atoms with Gasteiger partial charge in [-0.2, -0.15) is 0 Å². The average molecular weight is 253 g/mol. The summed E-state index contributed by atoms with van der Waals surface area (Å²) in [5, 5.41) is 0. The topological polar surface area (TPSA) is 35.2 Å². The van der Waals surface area contributed by atoms with Gasteiger partial charge in [0.1, 0.15) is 0 Å². The first-order chi connectivity index (χ1) is 8.31. The molecule has 0 spiro atoms. The summed E-state index contributed by atoms with van der Waals surface area (Å²) in [6.45, 7) is 3.60. The third-order valence-corrected chi connectivity index (χ3v) is 4.65. The van der Waals surface area contributed by atoms with Crippen molar-refractivity contribution in [3.8, 4) is 0 Å². The van der Waals surface area contributed by atoms with Crippen LogP contribution in [0.5, 0.6) is 0 Å². The van der Waals surface area contributed by atoms with Crippen molar-refractivity contribution < 1.29 is 4.74 Å². The van der Waals surface area contributed by atoms with Gasteiger partial charge in [-0.25, -0.2) is 0 Å². The Hall–Kier alpha value is -0.380. The normalized spacial score (nSPS) is 17.5. The Morgan fingerprint density at radius 1 is 1.35 bits per heavy atom. The van der Waals surface area contributed by atoms with Gasteiger partial charge >= 0.3 is 0 Å². The van der Waals surface area contributed by atoms with E-state index in [0.717, 1.165) is 13.0 Å². The molecular weight excluding hydrogens is 230 g/mol. The van der Waals surface area contributed by atoms with Crippen molar-refractivity contribution in [1.29, 1.82) is 0 Å². The fraction of sp³-hybridized carbons (Fsp3) is 0.714. The Morgan fingerprint density at radius 3 is 3.00 bits per heavy atom. The second-order valence-corrected chi connectivity index (χ2v) is 6.01. The van der Waals surface area contributed by atoms with Gasteiger partial charge in [-0.15, -0.1) is 11.3 Å². The Morgan fingerprint density at radius 2 is 2.18 bits per heavy atom. The standard InChI is InChI=1S/C14H23NOS/c1-2-8-16-10-12(15)14-9-11-6-4-3-5-7-13(11)17-14/h9,12H,2-8,10,15H2,1H3. The van der Waals surface area contributed by atoms with Crippen LogP contribution in [-0.2, 0) is 17.6 Å². The molecule has 2 rings (SSSR count). The molecule has 0 saturated carbocycles. The van der Waals surface area contributed by atoms with Crippen LogP contribution >= 0.6 is 11.3 Å². The predicted octanol–water partition coefficient (Wildman–Crippen LogP) is 3.44. The van der Waals surface area contributed by atoms with Crippen molar-refractivity contribution in [2.75, 3.05) is 13.2 Å². The van der Waals surface area contributed by atoms with Gasteiger partial charge in [0.2, 0.25) is 0 Å². The molecule has 0 aromatic carbocycles. The largest absolute Gasteiger partial charge is 0.379 e. The highest BCUT2D eigenvalue weighted by atomic mass is 32.1. The lowest BCUT2D eigenvalue weighted by Crippen LogP contribution is -2.16. The first-order valence-corrected chi connectivity index (χ1v) is 7.57. The number of thiophene rings is 1. The summed E-state index contributed by atoms with van der Waals surface area (Å²) < 4.78 is 5.54. The van der Waals surface area contributed by atoms with Crippen LogP contribution in [0.25, 0.3) is 0 Å². The van der Waals surface area contributed by atoms with Gasteiger partial charge in [0, 0.05) is 16.4 Å². The molecule has 1 atom stereocenters. The molecule has 1 aliphatic rings. The highest BCUT2D eigenvalue weighted by Crippen LogP contribution is 2.31. The second-order valence-electron chi connectivity index (χ2n) is 4.84. The molecule has 1 aromatic rings. The lowest BCUT2D eigenvalue weighted by atomic mass is 10.1. The van der Waals surface area contributed by atoms with Crippen molar-refractivity contribution in [3.63, 3.8) is 0 Å². The molecule has 3 heteroatoms. The van der Waals surface area contributed by atoms with E-state index in [0.29, 0.717) is 6.61 Å². The molecule has 17 heavy (non-hydrogen) atoms. The highest BCUT2D eigenvalue weighted by molar-refractivity contribution is 7.12. The Balaban J connectivity index is 1.96. The van der Waals surface area contributed by atoms with Crippen molar-refractivity contribution in [2.45, 2.75) is 51.5 Å². The number of fused-ring (bicyclic) bond motifs is 1. The van der Waals surface area contributed by atoms with Crippen LogP contribution in [0.15, 0.2) is 6.07 Å². The minimum atomic E-state index is 0.0680. The monoisotopic (exact) mass is 253 g/mol. The molecular formula is C14H23NOS. The highest BCUT2D eigenvalue weighted by Gasteiger charge is 2.16. The van der Waals surface area contributed by atoms with Gasteiger partial charge in [0.25, 0.3) is 0 Å². The van der Waals surface area contributed by atoms with Crippen molar-refractivity contribution in [3.05, 3.63) is 21.4 Å². The first-order valence-electron chi connectivity index (χ1n) is 6.76. The zero-order chi connectivity index (χ0) is 12.1. The molecule has 1 aliphatic carbocycles. The zero-order valence-corrected chi connectivity index (χ0v) is 11.5. The van der Waals surface area contributed by atoms with E-state index in [-0.39, 0.29) is 6.04 Å². The average Bonchev–Trinajstić information content (AvgIpc) is 2.61. The molecule has 0 radical (unpaired) electrons. The molecule has 0 bridgehead atoms. The molecule has 96 valence electrons. The quantitative estimate of drug-likeness (QED) is 0.644. The zero-order valence-electron chi connectivity index (χ0n) is 10.7. The fourth-order valence-electron chi connectivity index (χ4n) is 2.31. The molecule has 1 unspecified atom stereocenters. The Bertz CT molecular complexity index is 324. The number of nitrogens with two attached hydrogens (primary N) is 1. The minimum Gasteiger partial charge on any atom is -0.379 e. The molecule has 1 aromatic heterocycles. The molecule has 0 aliphatic heterocycles. The molecule has 0 fully saturated rings. The molecule has 2 nitrogen and oxygen atoms in total. The SMILES string of the molecule is CCCOCC(N)c1cc2c(s1)CCCCC2. The van der Waals surface area contributed by atoms with Gasteiger partial charge in [-0.3, -0.25) is 0 Å². The van der Waals surface area contributed by atoms with E-state index < -0.39 is 0 Å². The summed E-state index contributed by atoms with van der Waals surface area (Å²) in [7, 11) is 0. The third kappa shape index (κ3) is 3.54. The number of aryl methyl sites for hydroxylation is 2. The summed E-state index contributed by atoms with van der Waals surface area (Å²) in [6, 6.07) is 2.39. The first kappa shape index (κ1) is 13.1. The van der Waals surface area contributed by atoms with Gasteiger partial charge in [0.05, 0.1) is 12.6 Å². The lowest BCUT2D eigenvalue weighted by Gasteiger charge is -2.09. The molecule has 0 saturated heterocycles. The summed E-state index contributed by atoms with van der Waals surface area (Å²) in [6.07, 6.45) is 7.62. The summed E-state index contributed by atoms with van der Waals surface area (Å²) in [5.41, 5.74) is 7.72. The number of ether oxygens (including phenoxy) is 1. The van der Waals surface area contributed by atoms with Crippen molar-refractivity contribution in [1.82, 2.24) is 0 Å². The molecule has 1 heterocycles. The fourth-order valence-corrected chi connectivity index (χ4v) is 3.55. The number of rotatable bonds is 5. The van der Waals surface area contributed by atoms with Gasteiger partial charge in [-0.05, 0) is 43.7 Å². The maximum Gasteiger partial charge on any atom is 0.0667 e. The maximum atomic E-state index is 6.17. The van der Waals surface area contributed by atoms with Crippen LogP contribution in [0.1, 0.15) is 54.0 Å². The minimum absolute atomic E-state index is 0.0680. The Labute approximate surface area is 108 Å². The van der Waals surface area contributed by atoms with E-state index in [1.165, 1.54) is 37.0 Å². The van der Waals surface area contributed by atoms with Crippen molar-refractivity contribution >= 4 is 11.3 Å². The van der Waals surface area contributed by atoms with Crippen LogP contribution < -0.4 is 5.73 Å². The number of hydrogen-bond acceptors (Lipinski definition) is 3. The van der Waals surface area contributed by atoms with Crippen LogP contribution in [0.4, 0.5) is 0 Å². The maximum absolute atomic E-state index is 6.17. The predicted molar refractivity (Wildman–Crippen MR) is 73.6 cm³/mol. The van der Waals surface area contributed by atoms with Crippen LogP contribution in [-0.4, -0.2) is 13.2 Å². The molecule has 2 N–H and O–H groups in total. The van der Waals surface area contributed by atoms with E-state index >= 15 is 0 Å². The van der Waals surface area contributed by atoms with E-state index in [2.05, 4.69) is 13.0 Å². The van der Waals surface area contributed by atoms with E-state index in [1.807, 2.05) is 11.3 Å². The number of hydrogen-bond donors (Lipinski definition) is 1. The third-order valence-electron chi connectivity index (χ3n) is 3.28. The van der Waals surface area contributed by atoms with Gasteiger partial charge in [0.15, 0.2) is 0 Å². The Kier molecular flexibility index (Phi) is 5.01. The molecule has 0 amide bonds. The summed E-state index contributed by atoms with van der Waals surface area (Å²) in [4.78, 5) is 2.89. The summed E-state index contributed by atoms with van der Waals surface area (Å²) >= 11 is 1.91. The van der Waals surface area contributed by atoms with E-state index in [1.54, 1.807) is 10.4 Å². The van der Waals surface area contributed by atoms with Crippen LogP contribution in [0.3, 0.4) is 0 Å². The van der Waals surface area contributed by atoms with Crippen LogP contribution in [0.2, 0.25) is 0 Å². The lowest BCUT2D eigenvalue weighted by molar-refractivity contribution is 0.122. The van der Waals surface area contributed by atoms with E-state index in [9.17, 15) is 0 Å². The van der Waals surface area contributed by atoms with Gasteiger partial charge < -0.3 is 10.5 Å². The smallest absolute Gasteiger partial charge is 0.0667 e. The van der Waals surface area contributed by atoms with Crippen molar-refractivity contribution in [2.24, 2.45) is 5.73 Å². The van der Waals surface area contributed by atoms with Crippen LogP contribution in [0, 0.1) is 0 Å². The van der Waals surface area contributed by atoms with E-state index in [4.69, 9.17) is 10.5 Å².